The third-order valence-corrected chi connectivity index (χ3v) is 3.05. The predicted octanol–water partition coefficient (Wildman–Crippen LogP) is 1.84. The number of carbonyl (C=O) groups excluding carboxylic acids is 1. The molecule has 0 aliphatic heterocycles. The highest BCUT2D eigenvalue weighted by Gasteiger charge is 2.20. The number of rotatable bonds is 3. The Morgan fingerprint density at radius 3 is 2.77 bits per heavy atom. The fourth-order valence-electron chi connectivity index (χ4n) is 2.09. The van der Waals surface area contributed by atoms with Crippen LogP contribution in [0.25, 0.3) is 17.0 Å². The Morgan fingerprint density at radius 1 is 1.36 bits per heavy atom. The van der Waals surface area contributed by atoms with Crippen LogP contribution in [0.5, 0.6) is 5.88 Å². The summed E-state index contributed by atoms with van der Waals surface area (Å²) in [6, 6.07) is 8.62. The van der Waals surface area contributed by atoms with Gasteiger partial charge in [0.05, 0.1) is 12.8 Å². The van der Waals surface area contributed by atoms with Crippen LogP contribution in [0.3, 0.4) is 0 Å². The Labute approximate surface area is 124 Å². The smallest absolute Gasteiger partial charge is 0.375 e. The summed E-state index contributed by atoms with van der Waals surface area (Å²) < 4.78 is 11.0. The molecule has 0 unspecified atom stereocenters. The van der Waals surface area contributed by atoms with E-state index in [-0.39, 0.29) is 23.8 Å². The third-order valence-electron chi connectivity index (χ3n) is 3.05. The van der Waals surface area contributed by atoms with E-state index in [1.807, 2.05) is 0 Å². The number of carbonyl (C=O) groups is 1. The standard InChI is InChI=1S/C15H12N2O5/c1-2-21-14(20)10-8-17-13(19)11(9-6-4-3-5-7-9)12(18)16-15(17)22-10/h3-8,18H,2H2,1H3. The van der Waals surface area contributed by atoms with Crippen molar-refractivity contribution in [1.29, 1.82) is 0 Å². The van der Waals surface area contributed by atoms with Gasteiger partial charge >= 0.3 is 11.8 Å². The minimum absolute atomic E-state index is 0.0364. The van der Waals surface area contributed by atoms with E-state index >= 15 is 0 Å². The number of ether oxygens (including phenoxy) is 1. The highest BCUT2D eigenvalue weighted by molar-refractivity contribution is 5.86. The Morgan fingerprint density at radius 2 is 2.09 bits per heavy atom. The van der Waals surface area contributed by atoms with Gasteiger partial charge in [-0.05, 0) is 12.5 Å². The summed E-state index contributed by atoms with van der Waals surface area (Å²) in [6.07, 6.45) is 1.20. The fourth-order valence-corrected chi connectivity index (χ4v) is 2.09. The lowest BCUT2D eigenvalue weighted by molar-refractivity contribution is 0.0492. The van der Waals surface area contributed by atoms with E-state index < -0.39 is 17.4 Å². The average Bonchev–Trinajstić information content (AvgIpc) is 2.93. The molecular weight excluding hydrogens is 288 g/mol. The van der Waals surface area contributed by atoms with Crippen molar-refractivity contribution in [3.05, 3.63) is 52.6 Å². The van der Waals surface area contributed by atoms with Crippen LogP contribution in [0, 0.1) is 0 Å². The molecular formula is C15H12N2O5. The van der Waals surface area contributed by atoms with E-state index in [1.54, 1.807) is 37.3 Å². The molecule has 22 heavy (non-hydrogen) atoms. The van der Waals surface area contributed by atoms with E-state index in [0.717, 1.165) is 4.40 Å². The molecule has 0 bridgehead atoms. The van der Waals surface area contributed by atoms with Crippen molar-refractivity contribution in [3.63, 3.8) is 0 Å². The van der Waals surface area contributed by atoms with E-state index in [4.69, 9.17) is 9.15 Å². The average molecular weight is 300 g/mol. The second-order valence-electron chi connectivity index (χ2n) is 4.45. The number of benzene rings is 1. The second kappa shape index (κ2) is 5.36. The van der Waals surface area contributed by atoms with Crippen molar-refractivity contribution in [1.82, 2.24) is 9.38 Å². The van der Waals surface area contributed by atoms with E-state index in [1.165, 1.54) is 6.20 Å². The predicted molar refractivity (Wildman–Crippen MR) is 76.8 cm³/mol. The van der Waals surface area contributed by atoms with Crippen molar-refractivity contribution < 1.29 is 19.1 Å². The highest BCUT2D eigenvalue weighted by Crippen LogP contribution is 2.24. The summed E-state index contributed by atoms with van der Waals surface area (Å²) in [5, 5.41) is 9.99. The summed E-state index contributed by atoms with van der Waals surface area (Å²) in [5.74, 6) is -1.49. The maximum Gasteiger partial charge on any atom is 0.375 e. The monoisotopic (exact) mass is 300 g/mol. The molecule has 7 nitrogen and oxygen atoms in total. The van der Waals surface area contributed by atoms with Gasteiger partial charge in [0, 0.05) is 0 Å². The Bertz CT molecular complexity index is 895. The van der Waals surface area contributed by atoms with Crippen LogP contribution >= 0.6 is 0 Å². The van der Waals surface area contributed by atoms with E-state index in [0.29, 0.717) is 5.56 Å². The zero-order chi connectivity index (χ0) is 15.7. The lowest BCUT2D eigenvalue weighted by Crippen LogP contribution is -2.15. The first kappa shape index (κ1) is 13.9. The number of oxazole rings is 1. The minimum atomic E-state index is -0.701. The van der Waals surface area contributed by atoms with Crippen molar-refractivity contribution in [2.75, 3.05) is 6.61 Å². The lowest BCUT2D eigenvalue weighted by Gasteiger charge is -2.02. The molecule has 1 aromatic carbocycles. The largest absolute Gasteiger partial charge is 0.493 e. The summed E-state index contributed by atoms with van der Waals surface area (Å²) in [4.78, 5) is 28.0. The van der Waals surface area contributed by atoms with Gasteiger partial charge in [0.1, 0.15) is 5.56 Å². The SMILES string of the molecule is CCOC(=O)c1cn2c(=O)c(-c3ccccc3)c(O)nc2o1. The summed E-state index contributed by atoms with van der Waals surface area (Å²) in [5.41, 5.74) is 0.0214. The number of aromatic hydroxyl groups is 1. The number of hydrogen-bond acceptors (Lipinski definition) is 6. The van der Waals surface area contributed by atoms with Gasteiger partial charge in [-0.25, -0.2) is 9.20 Å². The van der Waals surface area contributed by atoms with Gasteiger partial charge in [0.2, 0.25) is 11.6 Å². The second-order valence-corrected chi connectivity index (χ2v) is 4.45. The van der Waals surface area contributed by atoms with Crippen LogP contribution < -0.4 is 5.56 Å². The quantitative estimate of drug-likeness (QED) is 0.742. The molecule has 0 saturated carbocycles. The van der Waals surface area contributed by atoms with Crippen LogP contribution in [-0.4, -0.2) is 27.1 Å². The van der Waals surface area contributed by atoms with Crippen LogP contribution in [0.15, 0.2) is 45.7 Å². The molecule has 0 atom stereocenters. The lowest BCUT2D eigenvalue weighted by atomic mass is 10.1. The molecule has 2 aromatic heterocycles. The molecule has 0 radical (unpaired) electrons. The van der Waals surface area contributed by atoms with E-state index in [2.05, 4.69) is 4.98 Å². The molecule has 3 aromatic rings. The van der Waals surface area contributed by atoms with Crippen LogP contribution in [0.2, 0.25) is 0 Å². The first-order valence-corrected chi connectivity index (χ1v) is 6.59. The number of hydrogen-bond donors (Lipinski definition) is 1. The number of esters is 1. The van der Waals surface area contributed by atoms with Crippen molar-refractivity contribution >= 4 is 11.8 Å². The molecule has 0 aliphatic carbocycles. The molecule has 1 N–H and O–H groups in total. The number of fused-ring (bicyclic) bond motifs is 1. The van der Waals surface area contributed by atoms with Crippen LogP contribution in [0.1, 0.15) is 17.5 Å². The molecule has 0 fully saturated rings. The summed E-state index contributed by atoms with van der Waals surface area (Å²) >= 11 is 0. The van der Waals surface area contributed by atoms with Crippen LogP contribution in [-0.2, 0) is 4.74 Å². The maximum absolute atomic E-state index is 12.5. The van der Waals surface area contributed by atoms with Crippen molar-refractivity contribution in [3.8, 4) is 17.0 Å². The molecule has 112 valence electrons. The van der Waals surface area contributed by atoms with Gasteiger partial charge in [-0.1, -0.05) is 30.3 Å². The summed E-state index contributed by atoms with van der Waals surface area (Å²) in [6.45, 7) is 1.84. The van der Waals surface area contributed by atoms with Gasteiger partial charge in [0.15, 0.2) is 0 Å². The highest BCUT2D eigenvalue weighted by atomic mass is 16.5. The molecule has 2 heterocycles. The first-order chi connectivity index (χ1) is 10.6. The normalized spacial score (nSPS) is 10.8. The molecule has 0 aliphatic rings. The van der Waals surface area contributed by atoms with Gasteiger partial charge in [-0.15, -0.1) is 0 Å². The molecule has 0 spiro atoms. The minimum Gasteiger partial charge on any atom is -0.493 e. The first-order valence-electron chi connectivity index (χ1n) is 6.59. The molecule has 0 saturated heterocycles. The Balaban J connectivity index is 2.21. The number of aromatic nitrogens is 2. The maximum atomic E-state index is 12.5. The van der Waals surface area contributed by atoms with Gasteiger partial charge < -0.3 is 14.3 Å². The molecule has 3 rings (SSSR count). The zero-order valence-electron chi connectivity index (χ0n) is 11.6. The molecule has 0 amide bonds. The van der Waals surface area contributed by atoms with Gasteiger partial charge in [0.25, 0.3) is 5.56 Å². The Kier molecular flexibility index (Phi) is 3.38. The Hall–Kier alpha value is -3.09. The topological polar surface area (TPSA) is 94.0 Å². The fraction of sp³-hybridized carbons (Fsp3) is 0.133. The molecule has 7 heteroatoms. The third kappa shape index (κ3) is 2.22. The van der Waals surface area contributed by atoms with Gasteiger partial charge in [-0.2, -0.15) is 4.98 Å². The van der Waals surface area contributed by atoms with E-state index in [9.17, 15) is 14.7 Å². The number of nitrogens with zero attached hydrogens (tertiary/aromatic N) is 2. The van der Waals surface area contributed by atoms with Gasteiger partial charge in [-0.3, -0.25) is 4.79 Å². The summed E-state index contributed by atoms with van der Waals surface area (Å²) in [7, 11) is 0. The van der Waals surface area contributed by atoms with Crippen molar-refractivity contribution in [2.24, 2.45) is 0 Å². The zero-order valence-corrected chi connectivity index (χ0v) is 11.6. The van der Waals surface area contributed by atoms with Crippen LogP contribution in [0.4, 0.5) is 0 Å². The van der Waals surface area contributed by atoms with Crippen molar-refractivity contribution in [2.45, 2.75) is 6.92 Å².